The minimum Gasteiger partial charge on any atom is -0.291 e. The second-order valence-corrected chi connectivity index (χ2v) is 2.91. The van der Waals surface area contributed by atoms with E-state index in [1.54, 1.807) is 0 Å². The Labute approximate surface area is 66.6 Å². The SMILES string of the molecule is NNC(=O)/C=C/C1CCCC1. The van der Waals surface area contributed by atoms with Crippen LogP contribution >= 0.6 is 0 Å². The van der Waals surface area contributed by atoms with Gasteiger partial charge < -0.3 is 0 Å². The lowest BCUT2D eigenvalue weighted by atomic mass is 10.1. The fraction of sp³-hybridized carbons (Fsp3) is 0.625. The van der Waals surface area contributed by atoms with Gasteiger partial charge in [0.2, 0.25) is 0 Å². The first-order chi connectivity index (χ1) is 5.33. The summed E-state index contributed by atoms with van der Waals surface area (Å²) in [4.78, 5) is 10.6. The topological polar surface area (TPSA) is 55.1 Å². The first kappa shape index (κ1) is 8.27. The van der Waals surface area contributed by atoms with E-state index in [-0.39, 0.29) is 5.91 Å². The van der Waals surface area contributed by atoms with Crippen molar-refractivity contribution < 1.29 is 4.79 Å². The van der Waals surface area contributed by atoms with Gasteiger partial charge in [-0.1, -0.05) is 18.9 Å². The number of hydrazine groups is 1. The molecule has 11 heavy (non-hydrogen) atoms. The molecule has 0 bridgehead atoms. The Bertz CT molecular complexity index is 159. The van der Waals surface area contributed by atoms with Crippen molar-refractivity contribution in [2.24, 2.45) is 11.8 Å². The van der Waals surface area contributed by atoms with Crippen molar-refractivity contribution in [2.75, 3.05) is 0 Å². The fourth-order valence-electron chi connectivity index (χ4n) is 1.42. The van der Waals surface area contributed by atoms with Crippen molar-refractivity contribution in [3.05, 3.63) is 12.2 Å². The highest BCUT2D eigenvalue weighted by molar-refractivity contribution is 5.86. The van der Waals surface area contributed by atoms with Crippen LogP contribution in [0, 0.1) is 5.92 Å². The number of nitrogens with one attached hydrogen (secondary N) is 1. The van der Waals surface area contributed by atoms with Crippen LogP contribution in [0.3, 0.4) is 0 Å². The Morgan fingerprint density at radius 3 is 2.64 bits per heavy atom. The number of nitrogens with two attached hydrogens (primary N) is 1. The maximum absolute atomic E-state index is 10.6. The molecule has 3 nitrogen and oxygen atoms in total. The Kier molecular flexibility index (Phi) is 3.11. The summed E-state index contributed by atoms with van der Waals surface area (Å²) in [5.74, 6) is 5.30. The maximum atomic E-state index is 10.6. The van der Waals surface area contributed by atoms with E-state index >= 15 is 0 Å². The van der Waals surface area contributed by atoms with Crippen molar-refractivity contribution in [3.63, 3.8) is 0 Å². The van der Waals surface area contributed by atoms with Crippen LogP contribution in [-0.2, 0) is 4.79 Å². The molecule has 0 atom stereocenters. The lowest BCUT2D eigenvalue weighted by Gasteiger charge is -1.98. The van der Waals surface area contributed by atoms with E-state index in [1.807, 2.05) is 6.08 Å². The number of rotatable bonds is 2. The fourth-order valence-corrected chi connectivity index (χ4v) is 1.42. The van der Waals surface area contributed by atoms with Crippen LogP contribution in [0.2, 0.25) is 0 Å². The average molecular weight is 154 g/mol. The second-order valence-electron chi connectivity index (χ2n) is 2.91. The summed E-state index contributed by atoms with van der Waals surface area (Å²) < 4.78 is 0. The van der Waals surface area contributed by atoms with Gasteiger partial charge in [-0.25, -0.2) is 5.84 Å². The molecule has 0 aliphatic heterocycles. The Balaban J connectivity index is 2.27. The predicted molar refractivity (Wildman–Crippen MR) is 43.4 cm³/mol. The first-order valence-corrected chi connectivity index (χ1v) is 4.01. The zero-order valence-electron chi connectivity index (χ0n) is 6.55. The van der Waals surface area contributed by atoms with Gasteiger partial charge in [-0.15, -0.1) is 0 Å². The molecule has 0 radical (unpaired) electrons. The number of hydrogen-bond donors (Lipinski definition) is 2. The summed E-state index contributed by atoms with van der Waals surface area (Å²) in [6.07, 6.45) is 8.49. The van der Waals surface area contributed by atoms with Gasteiger partial charge in [0.05, 0.1) is 0 Å². The van der Waals surface area contributed by atoms with Crippen LogP contribution in [0.5, 0.6) is 0 Å². The molecule has 1 amide bonds. The number of allylic oxidation sites excluding steroid dienone is 1. The van der Waals surface area contributed by atoms with Gasteiger partial charge in [0.1, 0.15) is 0 Å². The molecule has 1 saturated carbocycles. The van der Waals surface area contributed by atoms with Gasteiger partial charge in [-0.05, 0) is 18.8 Å². The quantitative estimate of drug-likeness (QED) is 0.266. The third-order valence-electron chi connectivity index (χ3n) is 2.06. The highest BCUT2D eigenvalue weighted by Gasteiger charge is 2.11. The van der Waals surface area contributed by atoms with Crippen LogP contribution in [0.25, 0.3) is 0 Å². The smallest absolute Gasteiger partial charge is 0.257 e. The summed E-state index contributed by atoms with van der Waals surface area (Å²) in [7, 11) is 0. The molecule has 3 heteroatoms. The minimum absolute atomic E-state index is 0.211. The van der Waals surface area contributed by atoms with E-state index < -0.39 is 0 Å². The number of carbonyl (C=O) groups excluding carboxylic acids is 1. The zero-order chi connectivity index (χ0) is 8.10. The number of amides is 1. The Morgan fingerprint density at radius 2 is 2.09 bits per heavy atom. The normalized spacial score (nSPS) is 19.4. The van der Waals surface area contributed by atoms with Gasteiger partial charge in [0.15, 0.2) is 0 Å². The molecule has 0 aromatic rings. The molecule has 0 aromatic heterocycles. The maximum Gasteiger partial charge on any atom is 0.257 e. The number of carbonyl (C=O) groups is 1. The molecule has 1 aliphatic rings. The standard InChI is InChI=1S/C8H14N2O/c9-10-8(11)6-5-7-3-1-2-4-7/h5-7H,1-4,9H2,(H,10,11)/b6-5+. The van der Waals surface area contributed by atoms with Crippen molar-refractivity contribution in [1.82, 2.24) is 5.43 Å². The van der Waals surface area contributed by atoms with E-state index in [2.05, 4.69) is 5.43 Å². The monoisotopic (exact) mass is 154 g/mol. The lowest BCUT2D eigenvalue weighted by Crippen LogP contribution is -2.28. The van der Waals surface area contributed by atoms with Crippen LogP contribution in [0.15, 0.2) is 12.2 Å². The highest BCUT2D eigenvalue weighted by Crippen LogP contribution is 2.25. The van der Waals surface area contributed by atoms with Crippen molar-refractivity contribution in [1.29, 1.82) is 0 Å². The zero-order valence-corrected chi connectivity index (χ0v) is 6.55. The molecule has 0 unspecified atom stereocenters. The molecular weight excluding hydrogens is 140 g/mol. The molecule has 0 heterocycles. The third kappa shape index (κ3) is 2.72. The van der Waals surface area contributed by atoms with E-state index in [9.17, 15) is 4.79 Å². The van der Waals surface area contributed by atoms with E-state index in [1.165, 1.54) is 31.8 Å². The predicted octanol–water partition coefficient (Wildman–Crippen LogP) is 0.723. The van der Waals surface area contributed by atoms with Gasteiger partial charge in [0, 0.05) is 6.08 Å². The Morgan fingerprint density at radius 1 is 1.45 bits per heavy atom. The summed E-state index contributed by atoms with van der Waals surface area (Å²) in [6, 6.07) is 0. The third-order valence-corrected chi connectivity index (χ3v) is 2.06. The van der Waals surface area contributed by atoms with Crippen LogP contribution in [0.4, 0.5) is 0 Å². The molecule has 0 spiro atoms. The van der Waals surface area contributed by atoms with E-state index in [0.29, 0.717) is 5.92 Å². The molecule has 1 rings (SSSR count). The van der Waals surface area contributed by atoms with Crippen molar-refractivity contribution in [3.8, 4) is 0 Å². The van der Waals surface area contributed by atoms with E-state index in [4.69, 9.17) is 5.84 Å². The summed E-state index contributed by atoms with van der Waals surface area (Å²) in [6.45, 7) is 0. The van der Waals surface area contributed by atoms with Crippen LogP contribution in [0.1, 0.15) is 25.7 Å². The van der Waals surface area contributed by atoms with E-state index in [0.717, 1.165) is 0 Å². The molecule has 0 saturated heterocycles. The molecule has 1 aliphatic carbocycles. The summed E-state index contributed by atoms with van der Waals surface area (Å²) >= 11 is 0. The van der Waals surface area contributed by atoms with Crippen LogP contribution < -0.4 is 11.3 Å². The summed E-state index contributed by atoms with van der Waals surface area (Å²) in [5.41, 5.74) is 2.06. The van der Waals surface area contributed by atoms with Gasteiger partial charge in [-0.2, -0.15) is 0 Å². The lowest BCUT2D eigenvalue weighted by molar-refractivity contribution is -0.116. The average Bonchev–Trinajstić information content (AvgIpc) is 2.52. The Hall–Kier alpha value is -0.830. The number of hydrogen-bond acceptors (Lipinski definition) is 2. The van der Waals surface area contributed by atoms with Gasteiger partial charge in [-0.3, -0.25) is 10.2 Å². The van der Waals surface area contributed by atoms with Crippen molar-refractivity contribution in [2.45, 2.75) is 25.7 Å². The minimum atomic E-state index is -0.211. The molecule has 0 aromatic carbocycles. The molecule has 62 valence electrons. The molecule has 3 N–H and O–H groups in total. The highest BCUT2D eigenvalue weighted by atomic mass is 16.2. The largest absolute Gasteiger partial charge is 0.291 e. The molecular formula is C8H14N2O. The summed E-state index contributed by atoms with van der Waals surface area (Å²) in [5, 5.41) is 0. The van der Waals surface area contributed by atoms with Gasteiger partial charge in [0.25, 0.3) is 5.91 Å². The van der Waals surface area contributed by atoms with Gasteiger partial charge >= 0.3 is 0 Å². The first-order valence-electron chi connectivity index (χ1n) is 4.01. The van der Waals surface area contributed by atoms with Crippen molar-refractivity contribution >= 4 is 5.91 Å². The van der Waals surface area contributed by atoms with Crippen LogP contribution in [-0.4, -0.2) is 5.91 Å². The second kappa shape index (κ2) is 4.13. The molecule has 1 fully saturated rings.